The van der Waals surface area contributed by atoms with Crippen molar-refractivity contribution in [2.75, 3.05) is 0 Å². The van der Waals surface area contributed by atoms with Crippen molar-refractivity contribution in [1.29, 1.82) is 0 Å². The lowest BCUT2D eigenvalue weighted by molar-refractivity contribution is -0.141. The largest absolute Gasteiger partial charge is 0.435 e. The smallest absolute Gasteiger partial charge is 0.316 e. The van der Waals surface area contributed by atoms with Crippen LogP contribution in [0.2, 0.25) is 5.02 Å². The van der Waals surface area contributed by atoms with Crippen molar-refractivity contribution in [3.63, 3.8) is 0 Å². The molecule has 2 aromatic rings. The first-order valence-corrected chi connectivity index (χ1v) is 8.23. The van der Waals surface area contributed by atoms with E-state index in [1.807, 2.05) is 0 Å². The number of alkyl halides is 4. The molecule has 1 aliphatic carbocycles. The lowest BCUT2D eigenvalue weighted by atomic mass is 9.90. The van der Waals surface area contributed by atoms with Crippen LogP contribution in [0.3, 0.4) is 0 Å². The number of benzene rings is 1. The van der Waals surface area contributed by atoms with Gasteiger partial charge in [-0.1, -0.05) is 42.0 Å². The average molecular weight is 400 g/mol. The topological polar surface area (TPSA) is 46.9 Å². The number of hydrogen-bond donors (Lipinski definition) is 1. The minimum absolute atomic E-state index is 0.118. The highest BCUT2D eigenvalue weighted by molar-refractivity contribution is 6.30. The first-order chi connectivity index (χ1) is 12.6. The molecule has 1 atom stereocenters. The van der Waals surface area contributed by atoms with Gasteiger partial charge >= 0.3 is 6.18 Å². The summed E-state index contributed by atoms with van der Waals surface area (Å²) in [4.78, 5) is 12.5. The standard InChI is InChI=1S/C18H14ClF4N3O/c1-26-10-13(15(25-26)18(21,22)23)16(27)24-17(20)9-3-2-4-14(17)11-5-7-12(19)8-6-11/h2-8,10H,9H2,1H3,(H,24,27). The van der Waals surface area contributed by atoms with Gasteiger partial charge in [-0.3, -0.25) is 9.48 Å². The Labute approximate surface area is 157 Å². The highest BCUT2D eigenvalue weighted by Crippen LogP contribution is 2.36. The second kappa shape index (κ2) is 6.84. The van der Waals surface area contributed by atoms with Crippen molar-refractivity contribution in [3.8, 4) is 0 Å². The van der Waals surface area contributed by atoms with Gasteiger partial charge in [0.25, 0.3) is 5.91 Å². The predicted molar refractivity (Wildman–Crippen MR) is 92.7 cm³/mol. The zero-order valence-electron chi connectivity index (χ0n) is 14.0. The van der Waals surface area contributed by atoms with E-state index in [4.69, 9.17) is 11.6 Å². The van der Waals surface area contributed by atoms with Gasteiger partial charge in [0.05, 0.1) is 5.56 Å². The summed E-state index contributed by atoms with van der Waals surface area (Å²) in [5, 5.41) is 5.81. The molecule has 0 radical (unpaired) electrons. The summed E-state index contributed by atoms with van der Waals surface area (Å²) in [5.74, 6) is -3.58. The Morgan fingerprint density at radius 3 is 2.59 bits per heavy atom. The molecule has 1 unspecified atom stereocenters. The van der Waals surface area contributed by atoms with Crippen molar-refractivity contribution in [1.82, 2.24) is 15.1 Å². The van der Waals surface area contributed by atoms with Gasteiger partial charge in [0.2, 0.25) is 5.79 Å². The second-order valence-corrected chi connectivity index (χ2v) is 6.47. The van der Waals surface area contributed by atoms with Crippen LogP contribution in [-0.2, 0) is 13.2 Å². The molecular formula is C18H14ClF4N3O. The number of hydrogen-bond acceptors (Lipinski definition) is 2. The lowest BCUT2D eigenvalue weighted by Crippen LogP contribution is -2.46. The summed E-state index contributed by atoms with van der Waals surface area (Å²) in [6.45, 7) is 0. The fourth-order valence-corrected chi connectivity index (χ4v) is 2.95. The maximum atomic E-state index is 15.6. The summed E-state index contributed by atoms with van der Waals surface area (Å²) < 4.78 is 55.7. The lowest BCUT2D eigenvalue weighted by Gasteiger charge is -2.30. The fraction of sp³-hybridized carbons (Fsp3) is 0.222. The number of nitrogens with one attached hydrogen (secondary N) is 1. The molecule has 9 heteroatoms. The molecule has 1 N–H and O–H groups in total. The molecule has 1 aromatic carbocycles. The quantitative estimate of drug-likeness (QED) is 0.609. The van der Waals surface area contributed by atoms with Gasteiger partial charge in [-0.05, 0) is 17.7 Å². The zero-order chi connectivity index (χ0) is 19.8. The Hall–Kier alpha value is -2.61. The highest BCUT2D eigenvalue weighted by Gasteiger charge is 2.42. The SMILES string of the molecule is Cn1cc(C(=O)NC2(F)CC=CC=C2c2ccc(Cl)cc2)c(C(F)(F)F)n1. The van der Waals surface area contributed by atoms with Crippen LogP contribution in [-0.4, -0.2) is 21.5 Å². The van der Waals surface area contributed by atoms with Gasteiger partial charge in [-0.2, -0.15) is 18.3 Å². The van der Waals surface area contributed by atoms with Gasteiger partial charge in [0.1, 0.15) is 0 Å². The van der Waals surface area contributed by atoms with Crippen LogP contribution >= 0.6 is 11.6 Å². The van der Waals surface area contributed by atoms with Crippen molar-refractivity contribution in [2.45, 2.75) is 18.4 Å². The third-order valence-electron chi connectivity index (χ3n) is 4.03. The van der Waals surface area contributed by atoms with E-state index in [9.17, 15) is 18.0 Å². The van der Waals surface area contributed by atoms with Crippen molar-refractivity contribution in [2.24, 2.45) is 7.05 Å². The number of nitrogens with zero attached hydrogens (tertiary/aromatic N) is 2. The van der Waals surface area contributed by atoms with Crippen LogP contribution in [0.15, 0.2) is 48.7 Å². The van der Waals surface area contributed by atoms with E-state index in [0.717, 1.165) is 10.9 Å². The molecule has 1 amide bonds. The number of carbonyl (C=O) groups excluding carboxylic acids is 1. The fourth-order valence-electron chi connectivity index (χ4n) is 2.82. The normalized spacial score (nSPS) is 19.7. The van der Waals surface area contributed by atoms with Crippen LogP contribution in [0.1, 0.15) is 28.0 Å². The summed E-state index contributed by atoms with van der Waals surface area (Å²) in [5.41, 5.74) is -1.54. The van der Waals surface area contributed by atoms with E-state index in [2.05, 4.69) is 10.4 Å². The predicted octanol–water partition coefficient (Wildman–Crippen LogP) is 4.53. The van der Waals surface area contributed by atoms with Gasteiger partial charge in [-0.15, -0.1) is 0 Å². The van der Waals surface area contributed by atoms with Gasteiger partial charge in [0, 0.05) is 30.3 Å². The summed E-state index contributed by atoms with van der Waals surface area (Å²) >= 11 is 5.84. The molecule has 1 heterocycles. The van der Waals surface area contributed by atoms with Gasteiger partial charge in [-0.25, -0.2) is 4.39 Å². The first-order valence-electron chi connectivity index (χ1n) is 7.86. The molecule has 1 aliphatic rings. The first kappa shape index (κ1) is 19.2. The zero-order valence-corrected chi connectivity index (χ0v) is 14.8. The van der Waals surface area contributed by atoms with E-state index in [-0.39, 0.29) is 12.0 Å². The summed E-state index contributed by atoms with van der Waals surface area (Å²) in [6.07, 6.45) is 0.396. The average Bonchev–Trinajstić information content (AvgIpc) is 2.98. The molecule has 1 aromatic heterocycles. The molecule has 0 aliphatic heterocycles. The second-order valence-electron chi connectivity index (χ2n) is 6.04. The molecule has 3 rings (SSSR count). The van der Waals surface area contributed by atoms with E-state index in [1.165, 1.54) is 19.2 Å². The molecular weight excluding hydrogens is 386 g/mol. The van der Waals surface area contributed by atoms with E-state index >= 15 is 4.39 Å². The Kier molecular flexibility index (Phi) is 4.86. The van der Waals surface area contributed by atoms with E-state index in [1.54, 1.807) is 30.3 Å². The third kappa shape index (κ3) is 3.90. The van der Waals surface area contributed by atoms with Crippen molar-refractivity contribution in [3.05, 3.63) is 70.5 Å². The van der Waals surface area contributed by atoms with Crippen molar-refractivity contribution < 1.29 is 22.4 Å². The minimum atomic E-state index is -4.83. The minimum Gasteiger partial charge on any atom is -0.316 e. The highest BCUT2D eigenvalue weighted by atomic mass is 35.5. The maximum Gasteiger partial charge on any atom is 0.435 e. The molecule has 4 nitrogen and oxygen atoms in total. The van der Waals surface area contributed by atoms with Crippen LogP contribution in [0.25, 0.3) is 5.57 Å². The Bertz CT molecular complexity index is 931. The van der Waals surface area contributed by atoms with Crippen LogP contribution < -0.4 is 5.32 Å². The molecule has 0 bridgehead atoms. The van der Waals surface area contributed by atoms with Crippen molar-refractivity contribution >= 4 is 23.1 Å². The maximum absolute atomic E-state index is 15.6. The molecule has 27 heavy (non-hydrogen) atoms. The molecule has 0 fully saturated rings. The molecule has 142 valence electrons. The number of carbonyl (C=O) groups is 1. The van der Waals surface area contributed by atoms with E-state index in [0.29, 0.717) is 10.6 Å². The Morgan fingerprint density at radius 2 is 1.96 bits per heavy atom. The Morgan fingerprint density at radius 1 is 1.30 bits per heavy atom. The van der Waals surface area contributed by atoms with Gasteiger partial charge in [0.15, 0.2) is 5.69 Å². The number of amides is 1. The van der Waals surface area contributed by atoms with Gasteiger partial charge < -0.3 is 5.32 Å². The van der Waals surface area contributed by atoms with Crippen LogP contribution in [0.4, 0.5) is 17.6 Å². The summed E-state index contributed by atoms with van der Waals surface area (Å²) in [7, 11) is 1.25. The number of rotatable bonds is 3. The monoisotopic (exact) mass is 399 g/mol. The molecule has 0 spiro atoms. The van der Waals surface area contributed by atoms with E-state index < -0.39 is 29.1 Å². The third-order valence-corrected chi connectivity index (χ3v) is 4.29. The number of halogens is 5. The number of aromatic nitrogens is 2. The Balaban J connectivity index is 1.94. The summed E-state index contributed by atoms with van der Waals surface area (Å²) in [6, 6.07) is 6.25. The number of allylic oxidation sites excluding steroid dienone is 2. The van der Waals surface area contributed by atoms with Crippen LogP contribution in [0, 0.1) is 0 Å². The molecule has 0 saturated carbocycles. The number of aryl methyl sites for hydroxylation is 1. The molecule has 0 saturated heterocycles. The van der Waals surface area contributed by atoms with Crippen LogP contribution in [0.5, 0.6) is 0 Å².